The zero-order chi connectivity index (χ0) is 23.5. The first kappa shape index (κ1) is 35.6. The fraction of sp³-hybridized carbons (Fsp3) is 0.967. The van der Waals surface area contributed by atoms with Crippen molar-refractivity contribution in [2.24, 2.45) is 5.92 Å². The SMILES string of the molecule is CCCCCCCCCCCCCCCCC(CCCCCCCCCCCC)C(=O)O.[H-].[Na+]. The zero-order valence-electron chi connectivity index (χ0n) is 24.3. The topological polar surface area (TPSA) is 37.3 Å². The third-order valence-corrected chi connectivity index (χ3v) is 7.16. The van der Waals surface area contributed by atoms with Crippen LogP contribution in [-0.4, -0.2) is 11.1 Å². The zero-order valence-corrected chi connectivity index (χ0v) is 25.3. The molecule has 0 heterocycles. The van der Waals surface area contributed by atoms with Crippen LogP contribution in [-0.2, 0) is 4.79 Å². The summed E-state index contributed by atoms with van der Waals surface area (Å²) < 4.78 is 0. The van der Waals surface area contributed by atoms with Crippen molar-refractivity contribution in [1.82, 2.24) is 0 Å². The second kappa shape index (κ2) is 30.5. The molecule has 194 valence electrons. The van der Waals surface area contributed by atoms with Gasteiger partial charge in [-0.05, 0) is 12.8 Å². The van der Waals surface area contributed by atoms with Crippen LogP contribution in [0.5, 0.6) is 0 Å². The van der Waals surface area contributed by atoms with Crippen LogP contribution in [0.3, 0.4) is 0 Å². The molecule has 0 spiro atoms. The number of carbonyl (C=O) groups is 1. The van der Waals surface area contributed by atoms with Crippen LogP contribution in [0.4, 0.5) is 0 Å². The maximum absolute atomic E-state index is 11.6. The van der Waals surface area contributed by atoms with Crippen LogP contribution in [0.25, 0.3) is 0 Å². The minimum Gasteiger partial charge on any atom is -1.00 e. The molecule has 3 heteroatoms. The summed E-state index contributed by atoms with van der Waals surface area (Å²) in [5.74, 6) is -0.656. The molecular weight excluding hydrogens is 415 g/mol. The second-order valence-electron chi connectivity index (χ2n) is 10.4. The van der Waals surface area contributed by atoms with Crippen molar-refractivity contribution in [2.75, 3.05) is 0 Å². The van der Waals surface area contributed by atoms with E-state index >= 15 is 0 Å². The molecule has 0 bridgehead atoms. The van der Waals surface area contributed by atoms with Crippen molar-refractivity contribution in [3.63, 3.8) is 0 Å². The maximum Gasteiger partial charge on any atom is 1.00 e. The normalized spacial score (nSPS) is 11.9. The van der Waals surface area contributed by atoms with Crippen LogP contribution in [0, 0.1) is 5.92 Å². The summed E-state index contributed by atoms with van der Waals surface area (Å²) in [5, 5.41) is 9.52. The molecule has 0 aliphatic rings. The Morgan fingerprint density at radius 1 is 0.485 bits per heavy atom. The predicted octanol–water partition coefficient (Wildman–Crippen LogP) is 7.99. The molecule has 1 N–H and O–H groups in total. The van der Waals surface area contributed by atoms with Crippen LogP contribution in [0.1, 0.15) is 182 Å². The van der Waals surface area contributed by atoms with E-state index in [9.17, 15) is 9.90 Å². The Kier molecular flexibility index (Phi) is 32.9. The largest absolute Gasteiger partial charge is 1.00 e. The Balaban J connectivity index is -0.00000480. The van der Waals surface area contributed by atoms with E-state index in [-0.39, 0.29) is 36.9 Å². The van der Waals surface area contributed by atoms with Gasteiger partial charge in [0.15, 0.2) is 0 Å². The molecule has 0 aliphatic heterocycles. The van der Waals surface area contributed by atoms with Crippen molar-refractivity contribution in [1.29, 1.82) is 0 Å². The molecule has 2 nitrogen and oxygen atoms in total. The Morgan fingerprint density at radius 2 is 0.697 bits per heavy atom. The van der Waals surface area contributed by atoms with Crippen LogP contribution in [0.2, 0.25) is 0 Å². The quantitative estimate of drug-likeness (QED) is 0.0963. The van der Waals surface area contributed by atoms with Crippen molar-refractivity contribution in [2.45, 2.75) is 181 Å². The van der Waals surface area contributed by atoms with Crippen LogP contribution >= 0.6 is 0 Å². The molecule has 0 aromatic rings. The van der Waals surface area contributed by atoms with Gasteiger partial charge in [0.25, 0.3) is 0 Å². The number of hydrogen-bond donors (Lipinski definition) is 1. The van der Waals surface area contributed by atoms with E-state index in [4.69, 9.17) is 0 Å². The standard InChI is InChI=1S/C30H60O2.Na.H/c1-3-5-7-9-11-13-15-16-17-18-20-22-24-26-28-29(30(31)32)27-25-23-21-19-14-12-10-8-6-4-2;;/h29H,3-28H2,1-2H3,(H,31,32);;/q;+1;-1. The van der Waals surface area contributed by atoms with E-state index in [1.54, 1.807) is 0 Å². The van der Waals surface area contributed by atoms with Gasteiger partial charge in [0.05, 0.1) is 5.92 Å². The average Bonchev–Trinajstić information content (AvgIpc) is 2.78. The van der Waals surface area contributed by atoms with Crippen molar-refractivity contribution in [3.8, 4) is 0 Å². The van der Waals surface area contributed by atoms with Gasteiger partial charge in [0, 0.05) is 0 Å². The van der Waals surface area contributed by atoms with E-state index in [1.807, 2.05) is 0 Å². The minimum absolute atomic E-state index is 0. The first-order valence-electron chi connectivity index (χ1n) is 14.9. The van der Waals surface area contributed by atoms with Crippen molar-refractivity contribution < 1.29 is 40.9 Å². The summed E-state index contributed by atoms with van der Waals surface area (Å²) in [5.41, 5.74) is 0. The first-order valence-corrected chi connectivity index (χ1v) is 14.9. The number of rotatable bonds is 27. The minimum atomic E-state index is -0.560. The molecule has 0 amide bonds. The van der Waals surface area contributed by atoms with Crippen LogP contribution in [0.15, 0.2) is 0 Å². The fourth-order valence-corrected chi connectivity index (χ4v) is 4.85. The Hall–Kier alpha value is 0.470. The first-order chi connectivity index (χ1) is 15.7. The van der Waals surface area contributed by atoms with Gasteiger partial charge >= 0.3 is 35.5 Å². The summed E-state index contributed by atoms with van der Waals surface area (Å²) in [6, 6.07) is 0. The van der Waals surface area contributed by atoms with E-state index in [2.05, 4.69) is 13.8 Å². The summed E-state index contributed by atoms with van der Waals surface area (Å²) in [4.78, 5) is 11.6. The smallest absolute Gasteiger partial charge is 1.00 e. The van der Waals surface area contributed by atoms with E-state index in [0.717, 1.165) is 25.7 Å². The van der Waals surface area contributed by atoms with E-state index in [0.29, 0.717) is 0 Å². The molecule has 0 aromatic carbocycles. The number of carboxylic acid groups (broad SMARTS) is 1. The molecule has 0 radical (unpaired) electrons. The Labute approximate surface area is 232 Å². The Morgan fingerprint density at radius 3 is 0.909 bits per heavy atom. The van der Waals surface area contributed by atoms with Gasteiger partial charge in [0.1, 0.15) is 0 Å². The average molecular weight is 477 g/mol. The summed E-state index contributed by atoms with van der Waals surface area (Å²) in [7, 11) is 0. The molecule has 0 aliphatic carbocycles. The second-order valence-corrected chi connectivity index (χ2v) is 10.4. The Bertz CT molecular complexity index is 379. The number of hydrogen-bond acceptors (Lipinski definition) is 1. The van der Waals surface area contributed by atoms with Gasteiger partial charge in [-0.25, -0.2) is 0 Å². The fourth-order valence-electron chi connectivity index (χ4n) is 4.85. The molecule has 0 fully saturated rings. The number of unbranched alkanes of at least 4 members (excludes halogenated alkanes) is 22. The van der Waals surface area contributed by atoms with Crippen molar-refractivity contribution >= 4 is 5.97 Å². The third kappa shape index (κ3) is 28.6. The van der Waals surface area contributed by atoms with Gasteiger partial charge in [-0.15, -0.1) is 0 Å². The third-order valence-electron chi connectivity index (χ3n) is 7.16. The van der Waals surface area contributed by atoms with Crippen molar-refractivity contribution in [3.05, 3.63) is 0 Å². The molecule has 0 aromatic heterocycles. The van der Waals surface area contributed by atoms with Gasteiger partial charge < -0.3 is 6.53 Å². The molecule has 0 saturated carbocycles. The molecule has 1 unspecified atom stereocenters. The van der Waals surface area contributed by atoms with E-state index < -0.39 is 5.97 Å². The van der Waals surface area contributed by atoms with Gasteiger partial charge in [-0.2, -0.15) is 0 Å². The summed E-state index contributed by atoms with van der Waals surface area (Å²) in [6.45, 7) is 4.55. The van der Waals surface area contributed by atoms with Gasteiger partial charge in [-0.3, -0.25) is 4.79 Å². The molecule has 0 saturated heterocycles. The number of aliphatic carboxylic acids is 1. The molecular formula is C30H61NaO2. The monoisotopic (exact) mass is 476 g/mol. The predicted molar refractivity (Wildman–Crippen MR) is 144 cm³/mol. The molecule has 1 atom stereocenters. The molecule has 0 rings (SSSR count). The summed E-state index contributed by atoms with van der Waals surface area (Å²) in [6.07, 6.45) is 34.0. The van der Waals surface area contributed by atoms with Gasteiger partial charge in [-0.1, -0.05) is 168 Å². The van der Waals surface area contributed by atoms with Gasteiger partial charge in [0.2, 0.25) is 0 Å². The maximum atomic E-state index is 11.6. The number of carboxylic acids is 1. The van der Waals surface area contributed by atoms with E-state index in [1.165, 1.54) is 141 Å². The molecule has 33 heavy (non-hydrogen) atoms. The van der Waals surface area contributed by atoms with Crippen LogP contribution < -0.4 is 29.6 Å². The summed E-state index contributed by atoms with van der Waals surface area (Å²) >= 11 is 0.